The van der Waals surface area contributed by atoms with Crippen LogP contribution in [0.4, 0.5) is 0 Å². The smallest absolute Gasteiger partial charge is 0.255 e. The molecule has 0 aromatic heterocycles. The minimum atomic E-state index is -0.252. The van der Waals surface area contributed by atoms with Gasteiger partial charge in [0, 0.05) is 11.9 Å². The quantitative estimate of drug-likeness (QED) is 0.792. The lowest BCUT2D eigenvalue weighted by Gasteiger charge is -2.04. The van der Waals surface area contributed by atoms with Crippen molar-refractivity contribution >= 4 is 21.8 Å². The number of phenolic OH excluding ortho intramolecular Hbond substituents is 1. The molecule has 1 amide bonds. The number of hydrogen-bond donors (Lipinski definition) is 2. The van der Waals surface area contributed by atoms with E-state index in [9.17, 15) is 9.90 Å². The predicted octanol–water partition coefficient (Wildman–Crippen LogP) is 1.52. The third kappa shape index (κ3) is 2.73. The van der Waals surface area contributed by atoms with Crippen LogP contribution in [0.5, 0.6) is 5.75 Å². The lowest BCUT2D eigenvalue weighted by molar-refractivity contribution is 0.0953. The van der Waals surface area contributed by atoms with Gasteiger partial charge in [0.05, 0.1) is 5.56 Å². The molecule has 0 aliphatic heterocycles. The first kappa shape index (κ1) is 10.1. The van der Waals surface area contributed by atoms with Crippen LogP contribution in [0.25, 0.3) is 0 Å². The van der Waals surface area contributed by atoms with E-state index in [-0.39, 0.29) is 11.7 Å². The number of hydrogen-bond acceptors (Lipinski definition) is 2. The summed E-state index contributed by atoms with van der Waals surface area (Å²) in [5, 5.41) is 12.7. The first-order valence-electron chi connectivity index (χ1n) is 3.88. The van der Waals surface area contributed by atoms with Crippen molar-refractivity contribution in [1.29, 1.82) is 0 Å². The van der Waals surface area contributed by atoms with Gasteiger partial charge < -0.3 is 10.4 Å². The van der Waals surface area contributed by atoms with E-state index in [0.717, 1.165) is 0 Å². The van der Waals surface area contributed by atoms with E-state index in [2.05, 4.69) is 21.2 Å². The number of alkyl halides is 1. The third-order valence-corrected chi connectivity index (χ3v) is 1.93. The number of nitrogens with one attached hydrogen (secondary N) is 1. The minimum Gasteiger partial charge on any atom is -0.507 e. The van der Waals surface area contributed by atoms with E-state index in [1.807, 2.05) is 0 Å². The summed E-state index contributed by atoms with van der Waals surface area (Å²) in [7, 11) is 0. The molecule has 0 heterocycles. The number of phenols is 1. The first-order valence-corrected chi connectivity index (χ1v) is 5.00. The molecule has 2 N–H and O–H groups in total. The second-order valence-corrected chi connectivity index (χ2v) is 3.26. The summed E-state index contributed by atoms with van der Waals surface area (Å²) in [4.78, 5) is 11.3. The molecule has 0 unspecified atom stereocenters. The van der Waals surface area contributed by atoms with Crippen LogP contribution in [-0.4, -0.2) is 22.9 Å². The predicted molar refractivity (Wildman–Crippen MR) is 54.2 cm³/mol. The molecule has 1 rings (SSSR count). The van der Waals surface area contributed by atoms with Gasteiger partial charge in [-0.15, -0.1) is 0 Å². The van der Waals surface area contributed by atoms with Gasteiger partial charge in [-0.2, -0.15) is 0 Å². The van der Waals surface area contributed by atoms with E-state index in [0.29, 0.717) is 17.4 Å². The van der Waals surface area contributed by atoms with Crippen molar-refractivity contribution in [2.45, 2.75) is 0 Å². The monoisotopic (exact) mass is 243 g/mol. The van der Waals surface area contributed by atoms with Crippen molar-refractivity contribution in [3.05, 3.63) is 29.8 Å². The van der Waals surface area contributed by atoms with Crippen LogP contribution in [0.1, 0.15) is 10.4 Å². The second-order valence-electron chi connectivity index (χ2n) is 2.46. The van der Waals surface area contributed by atoms with Crippen LogP contribution in [0.3, 0.4) is 0 Å². The molecule has 0 aliphatic rings. The third-order valence-electron chi connectivity index (χ3n) is 1.53. The topological polar surface area (TPSA) is 49.3 Å². The average Bonchev–Trinajstić information content (AvgIpc) is 2.15. The van der Waals surface area contributed by atoms with E-state index >= 15 is 0 Å². The molecule has 0 radical (unpaired) electrons. The van der Waals surface area contributed by atoms with Crippen molar-refractivity contribution in [2.75, 3.05) is 11.9 Å². The highest BCUT2D eigenvalue weighted by Crippen LogP contribution is 2.14. The molecule has 3 nitrogen and oxygen atoms in total. The van der Waals surface area contributed by atoms with Gasteiger partial charge in [0.2, 0.25) is 0 Å². The van der Waals surface area contributed by atoms with E-state index in [1.165, 1.54) is 6.07 Å². The summed E-state index contributed by atoms with van der Waals surface area (Å²) in [6.45, 7) is 0.549. The van der Waals surface area contributed by atoms with Gasteiger partial charge in [0.25, 0.3) is 5.91 Å². The van der Waals surface area contributed by atoms with Crippen LogP contribution in [-0.2, 0) is 0 Å². The maximum absolute atomic E-state index is 11.3. The maximum atomic E-state index is 11.3. The maximum Gasteiger partial charge on any atom is 0.255 e. The molecule has 13 heavy (non-hydrogen) atoms. The van der Waals surface area contributed by atoms with Crippen LogP contribution in [0.2, 0.25) is 0 Å². The molecule has 0 aliphatic carbocycles. The van der Waals surface area contributed by atoms with Crippen LogP contribution in [0, 0.1) is 0 Å². The summed E-state index contributed by atoms with van der Waals surface area (Å²) in [5.41, 5.74) is 0.309. The lowest BCUT2D eigenvalue weighted by Crippen LogP contribution is -2.25. The van der Waals surface area contributed by atoms with Crippen LogP contribution < -0.4 is 5.32 Å². The van der Waals surface area contributed by atoms with Gasteiger partial charge in [-0.05, 0) is 12.1 Å². The highest BCUT2D eigenvalue weighted by molar-refractivity contribution is 9.09. The number of para-hydroxylation sites is 1. The van der Waals surface area contributed by atoms with Gasteiger partial charge in [-0.1, -0.05) is 28.1 Å². The number of amides is 1. The van der Waals surface area contributed by atoms with Crippen molar-refractivity contribution in [2.24, 2.45) is 0 Å². The fraction of sp³-hybridized carbons (Fsp3) is 0.222. The number of halogens is 1. The SMILES string of the molecule is O=C(NCCBr)c1ccccc1O. The molecule has 4 heteroatoms. The van der Waals surface area contributed by atoms with Gasteiger partial charge in [0.15, 0.2) is 0 Å². The summed E-state index contributed by atoms with van der Waals surface area (Å²) in [6.07, 6.45) is 0. The van der Waals surface area contributed by atoms with Gasteiger partial charge in [-0.3, -0.25) is 4.79 Å². The van der Waals surface area contributed by atoms with Crippen molar-refractivity contribution < 1.29 is 9.90 Å². The summed E-state index contributed by atoms with van der Waals surface area (Å²) in [6, 6.07) is 6.46. The van der Waals surface area contributed by atoms with E-state index in [1.54, 1.807) is 18.2 Å². The Kier molecular flexibility index (Phi) is 3.76. The van der Waals surface area contributed by atoms with Gasteiger partial charge in [-0.25, -0.2) is 0 Å². The Morgan fingerprint density at radius 2 is 2.15 bits per heavy atom. The van der Waals surface area contributed by atoms with Crippen LogP contribution in [0.15, 0.2) is 24.3 Å². The molecule has 0 fully saturated rings. The summed E-state index contributed by atoms with van der Waals surface area (Å²) in [5.74, 6) is -0.243. The van der Waals surface area contributed by atoms with E-state index < -0.39 is 0 Å². The van der Waals surface area contributed by atoms with Crippen molar-refractivity contribution in [3.63, 3.8) is 0 Å². The zero-order chi connectivity index (χ0) is 9.68. The van der Waals surface area contributed by atoms with E-state index in [4.69, 9.17) is 0 Å². The molecule has 1 aromatic rings. The second kappa shape index (κ2) is 4.87. The molecular weight excluding hydrogens is 234 g/mol. The van der Waals surface area contributed by atoms with Crippen molar-refractivity contribution in [1.82, 2.24) is 5.32 Å². The molecule has 0 bridgehead atoms. The fourth-order valence-electron chi connectivity index (χ4n) is 0.922. The highest BCUT2D eigenvalue weighted by Gasteiger charge is 2.08. The normalized spacial score (nSPS) is 9.62. The average molecular weight is 244 g/mol. The Labute approximate surface area is 84.9 Å². The Morgan fingerprint density at radius 3 is 2.77 bits per heavy atom. The Morgan fingerprint density at radius 1 is 1.46 bits per heavy atom. The van der Waals surface area contributed by atoms with Crippen LogP contribution >= 0.6 is 15.9 Å². The number of carbonyl (C=O) groups is 1. The molecule has 0 atom stereocenters. The largest absolute Gasteiger partial charge is 0.507 e. The summed E-state index contributed by atoms with van der Waals surface area (Å²) < 4.78 is 0. The number of benzene rings is 1. The molecular formula is C9H10BrNO2. The summed E-state index contributed by atoms with van der Waals surface area (Å²) >= 11 is 3.19. The molecule has 0 spiro atoms. The lowest BCUT2D eigenvalue weighted by atomic mass is 10.2. The molecule has 0 saturated heterocycles. The number of carbonyl (C=O) groups excluding carboxylic acids is 1. The Balaban J connectivity index is 2.71. The molecule has 0 saturated carbocycles. The fourth-order valence-corrected chi connectivity index (χ4v) is 1.12. The zero-order valence-electron chi connectivity index (χ0n) is 6.96. The highest BCUT2D eigenvalue weighted by atomic mass is 79.9. The molecule has 1 aromatic carbocycles. The van der Waals surface area contributed by atoms with Gasteiger partial charge >= 0.3 is 0 Å². The first-order chi connectivity index (χ1) is 6.25. The van der Waals surface area contributed by atoms with Gasteiger partial charge in [0.1, 0.15) is 5.75 Å². The molecule has 70 valence electrons. The number of aromatic hydroxyl groups is 1. The minimum absolute atomic E-state index is 0.00886. The zero-order valence-corrected chi connectivity index (χ0v) is 8.54. The Bertz CT molecular complexity index is 301. The Hall–Kier alpha value is -1.03. The number of rotatable bonds is 3. The standard InChI is InChI=1S/C9H10BrNO2/c10-5-6-11-9(13)7-3-1-2-4-8(7)12/h1-4,12H,5-6H2,(H,11,13). The van der Waals surface area contributed by atoms with Crippen molar-refractivity contribution in [3.8, 4) is 5.75 Å².